The zero-order valence-corrected chi connectivity index (χ0v) is 24.5. The highest BCUT2D eigenvalue weighted by molar-refractivity contribution is 9.10. The SMILES string of the molecule is CCn1c(-c2cc(C#CCNCCS(=O)O)cnc2[C@H](C)OC)c(CC(C)(C)CO)c2cc(Br)ccc21. The number of nitrogens with zero attached hydrogens (tertiary/aromatic N) is 2. The fourth-order valence-corrected chi connectivity index (χ4v) is 5.05. The summed E-state index contributed by atoms with van der Waals surface area (Å²) in [7, 11) is 1.68. The Morgan fingerprint density at radius 2 is 2.08 bits per heavy atom. The smallest absolute Gasteiger partial charge is 0.154 e. The van der Waals surface area contributed by atoms with Crippen molar-refractivity contribution in [3.63, 3.8) is 0 Å². The van der Waals surface area contributed by atoms with Crippen LogP contribution in [-0.2, 0) is 28.8 Å². The third-order valence-electron chi connectivity index (χ3n) is 6.34. The van der Waals surface area contributed by atoms with Crippen molar-refractivity contribution in [1.82, 2.24) is 14.9 Å². The van der Waals surface area contributed by atoms with Crippen molar-refractivity contribution in [3.05, 3.63) is 51.8 Å². The number of aryl methyl sites for hydroxylation is 1. The summed E-state index contributed by atoms with van der Waals surface area (Å²) in [6.45, 7) is 9.92. The summed E-state index contributed by atoms with van der Waals surface area (Å²) in [5.74, 6) is 6.43. The summed E-state index contributed by atoms with van der Waals surface area (Å²) in [6, 6.07) is 8.40. The van der Waals surface area contributed by atoms with Crippen LogP contribution in [-0.4, -0.2) is 56.0 Å². The first-order valence-electron chi connectivity index (χ1n) is 12.3. The van der Waals surface area contributed by atoms with Gasteiger partial charge in [-0.25, -0.2) is 4.21 Å². The molecular formula is C28H36BrN3O4S. The molecule has 3 N–H and O–H groups in total. The van der Waals surface area contributed by atoms with E-state index in [0.29, 0.717) is 19.5 Å². The zero-order valence-electron chi connectivity index (χ0n) is 22.1. The largest absolute Gasteiger partial charge is 0.396 e. The molecule has 0 amide bonds. The molecule has 1 unspecified atom stereocenters. The lowest BCUT2D eigenvalue weighted by atomic mass is 9.84. The molecule has 2 atom stereocenters. The van der Waals surface area contributed by atoms with Crippen molar-refractivity contribution in [2.75, 3.05) is 32.6 Å². The molecule has 37 heavy (non-hydrogen) atoms. The van der Waals surface area contributed by atoms with Crippen LogP contribution in [0.3, 0.4) is 0 Å². The van der Waals surface area contributed by atoms with Crippen LogP contribution in [0.2, 0.25) is 0 Å². The minimum absolute atomic E-state index is 0.0706. The highest BCUT2D eigenvalue weighted by Gasteiger charge is 2.27. The fraction of sp³-hybridized carbons (Fsp3) is 0.464. The van der Waals surface area contributed by atoms with E-state index in [2.05, 4.69) is 82.7 Å². The van der Waals surface area contributed by atoms with E-state index >= 15 is 0 Å². The number of hydrogen-bond acceptors (Lipinski definition) is 5. The van der Waals surface area contributed by atoms with Crippen LogP contribution in [0.25, 0.3) is 22.2 Å². The summed E-state index contributed by atoms with van der Waals surface area (Å²) in [5.41, 5.74) is 5.60. The predicted molar refractivity (Wildman–Crippen MR) is 154 cm³/mol. The number of aliphatic hydroxyl groups excluding tert-OH is 1. The molecule has 0 saturated heterocycles. The van der Waals surface area contributed by atoms with Crippen LogP contribution in [0.5, 0.6) is 0 Å². The first-order chi connectivity index (χ1) is 17.6. The number of aromatic nitrogens is 2. The topological polar surface area (TPSA) is 96.6 Å². The second kappa shape index (κ2) is 13.1. The Hall–Kier alpha value is -2.06. The number of benzene rings is 1. The Labute approximate surface area is 230 Å². The first kappa shape index (κ1) is 29.5. The van der Waals surface area contributed by atoms with Gasteiger partial charge < -0.3 is 24.3 Å². The lowest BCUT2D eigenvalue weighted by Gasteiger charge is -2.24. The van der Waals surface area contributed by atoms with E-state index in [1.807, 2.05) is 6.92 Å². The van der Waals surface area contributed by atoms with Crippen molar-refractivity contribution in [1.29, 1.82) is 0 Å². The fourth-order valence-electron chi connectivity index (χ4n) is 4.37. The summed E-state index contributed by atoms with van der Waals surface area (Å²) in [6.07, 6.45) is 2.22. The van der Waals surface area contributed by atoms with E-state index in [-0.39, 0.29) is 23.9 Å². The van der Waals surface area contributed by atoms with Crippen LogP contribution in [0.15, 0.2) is 34.9 Å². The molecule has 0 spiro atoms. The summed E-state index contributed by atoms with van der Waals surface area (Å²) in [5, 5.41) is 14.3. The number of nitrogens with one attached hydrogen (secondary N) is 1. The Balaban J connectivity index is 2.20. The van der Waals surface area contributed by atoms with Gasteiger partial charge in [-0.2, -0.15) is 0 Å². The second-order valence-electron chi connectivity index (χ2n) is 9.77. The van der Waals surface area contributed by atoms with Crippen LogP contribution in [0.4, 0.5) is 0 Å². The maximum Gasteiger partial charge on any atom is 0.154 e. The van der Waals surface area contributed by atoms with Gasteiger partial charge in [0.05, 0.1) is 29.8 Å². The number of pyridine rings is 1. The number of rotatable bonds is 11. The Bertz CT molecular complexity index is 1330. The minimum atomic E-state index is -1.82. The molecule has 3 aromatic rings. The van der Waals surface area contributed by atoms with Crippen molar-refractivity contribution in [2.45, 2.75) is 46.8 Å². The molecule has 0 aliphatic carbocycles. The summed E-state index contributed by atoms with van der Waals surface area (Å²) >= 11 is 1.83. The average Bonchev–Trinajstić information content (AvgIpc) is 3.16. The van der Waals surface area contributed by atoms with Gasteiger partial charge in [0.15, 0.2) is 11.1 Å². The number of halogens is 1. The average molecular weight is 591 g/mol. The van der Waals surface area contributed by atoms with E-state index in [0.717, 1.165) is 50.0 Å². The molecule has 3 rings (SSSR count). The molecule has 7 nitrogen and oxygen atoms in total. The maximum absolute atomic E-state index is 10.8. The van der Waals surface area contributed by atoms with Gasteiger partial charge in [0, 0.05) is 59.5 Å². The zero-order chi connectivity index (χ0) is 27.2. The Morgan fingerprint density at radius 3 is 2.73 bits per heavy atom. The van der Waals surface area contributed by atoms with Gasteiger partial charge in [0.1, 0.15) is 0 Å². The number of ether oxygens (including phenoxy) is 1. The van der Waals surface area contributed by atoms with Crippen LogP contribution in [0.1, 0.15) is 50.6 Å². The Morgan fingerprint density at radius 1 is 1.32 bits per heavy atom. The number of fused-ring (bicyclic) bond motifs is 1. The van der Waals surface area contributed by atoms with Crippen molar-refractivity contribution in [2.24, 2.45) is 5.41 Å². The van der Waals surface area contributed by atoms with Crippen molar-refractivity contribution in [3.8, 4) is 23.1 Å². The van der Waals surface area contributed by atoms with Gasteiger partial charge in [-0.05, 0) is 55.5 Å². The molecule has 0 aliphatic heterocycles. The van der Waals surface area contributed by atoms with E-state index in [1.54, 1.807) is 13.3 Å². The van der Waals surface area contributed by atoms with E-state index in [1.165, 1.54) is 0 Å². The van der Waals surface area contributed by atoms with Gasteiger partial charge in [-0.1, -0.05) is 41.6 Å². The van der Waals surface area contributed by atoms with E-state index in [9.17, 15) is 9.32 Å². The standard InChI is InChI=1S/C28H36BrN3O4S/c1-6-32-25-10-9-21(29)15-22(25)24(16-28(3,4)18-33)27(32)23-14-20(17-31-26(23)19(2)36-5)8-7-11-30-12-13-37(34)35/h9-10,14-15,17,19,30,33H,6,11-13,16,18H2,1-5H3,(H,34,35)/t19-/m0/s1. The number of hydrogen-bond donors (Lipinski definition) is 3. The number of methoxy groups -OCH3 is 1. The molecule has 2 aromatic heterocycles. The summed E-state index contributed by atoms with van der Waals surface area (Å²) in [4.78, 5) is 4.79. The summed E-state index contributed by atoms with van der Waals surface area (Å²) < 4.78 is 28.7. The van der Waals surface area contributed by atoms with Crippen LogP contribution in [0, 0.1) is 17.3 Å². The van der Waals surface area contributed by atoms with Gasteiger partial charge in [0.2, 0.25) is 0 Å². The molecule has 0 bridgehead atoms. The van der Waals surface area contributed by atoms with Gasteiger partial charge in [-0.15, -0.1) is 0 Å². The quantitative estimate of drug-likeness (QED) is 0.167. The van der Waals surface area contributed by atoms with E-state index in [4.69, 9.17) is 14.3 Å². The molecule has 9 heteroatoms. The lowest BCUT2D eigenvalue weighted by molar-refractivity contribution is 0.116. The molecule has 0 fully saturated rings. The lowest BCUT2D eigenvalue weighted by Crippen LogP contribution is -2.20. The molecule has 1 aromatic carbocycles. The molecular weight excluding hydrogens is 554 g/mol. The van der Waals surface area contributed by atoms with Crippen molar-refractivity contribution >= 4 is 37.9 Å². The molecule has 2 heterocycles. The number of aliphatic hydroxyl groups is 1. The molecule has 200 valence electrons. The third-order valence-corrected chi connectivity index (χ3v) is 7.39. The second-order valence-corrected chi connectivity index (χ2v) is 11.7. The third kappa shape index (κ3) is 7.29. The van der Waals surface area contributed by atoms with E-state index < -0.39 is 11.1 Å². The highest BCUT2D eigenvalue weighted by Crippen LogP contribution is 2.41. The molecule has 0 saturated carbocycles. The molecule has 0 radical (unpaired) electrons. The Kier molecular flexibility index (Phi) is 10.5. The highest BCUT2D eigenvalue weighted by atomic mass is 79.9. The monoisotopic (exact) mass is 589 g/mol. The van der Waals surface area contributed by atoms with Crippen LogP contribution >= 0.6 is 15.9 Å². The van der Waals surface area contributed by atoms with Gasteiger partial charge in [0.25, 0.3) is 0 Å². The first-order valence-corrected chi connectivity index (χ1v) is 14.4. The molecule has 0 aliphatic rings. The van der Waals surface area contributed by atoms with Crippen LogP contribution < -0.4 is 5.32 Å². The minimum Gasteiger partial charge on any atom is -0.396 e. The normalized spacial score (nSPS) is 13.4. The predicted octanol–water partition coefficient (Wildman–Crippen LogP) is 4.92. The van der Waals surface area contributed by atoms with Gasteiger partial charge >= 0.3 is 0 Å². The van der Waals surface area contributed by atoms with Gasteiger partial charge in [-0.3, -0.25) is 4.98 Å². The van der Waals surface area contributed by atoms with Crippen molar-refractivity contribution < 1.29 is 18.6 Å². The maximum atomic E-state index is 10.8.